The van der Waals surface area contributed by atoms with E-state index in [0.29, 0.717) is 18.1 Å². The number of aryl methyl sites for hydroxylation is 1. The van der Waals surface area contributed by atoms with Gasteiger partial charge in [0.2, 0.25) is 11.7 Å². The van der Waals surface area contributed by atoms with Crippen LogP contribution in [0.4, 0.5) is 5.69 Å². The molecular formula is C14H15N5O. The zero-order valence-electron chi connectivity index (χ0n) is 11.2. The van der Waals surface area contributed by atoms with Crippen molar-refractivity contribution in [1.29, 1.82) is 0 Å². The van der Waals surface area contributed by atoms with Gasteiger partial charge in [-0.25, -0.2) is 0 Å². The third kappa shape index (κ3) is 2.85. The second kappa shape index (κ2) is 5.56. The smallest absolute Gasteiger partial charge is 0.228 e. The standard InChI is InChI=1S/C14H15N5O/c1-19-10-11(9-16-19)14-17-13(20-18-14)7-8-15-12-5-3-2-4-6-12/h2-6,9-10,15H,7-8H2,1H3. The van der Waals surface area contributed by atoms with Gasteiger partial charge < -0.3 is 9.84 Å². The molecule has 0 saturated carbocycles. The molecule has 102 valence electrons. The van der Waals surface area contributed by atoms with Gasteiger partial charge in [0.15, 0.2) is 0 Å². The van der Waals surface area contributed by atoms with Gasteiger partial charge in [0.05, 0.1) is 11.8 Å². The van der Waals surface area contributed by atoms with E-state index < -0.39 is 0 Å². The summed E-state index contributed by atoms with van der Waals surface area (Å²) >= 11 is 0. The highest BCUT2D eigenvalue weighted by molar-refractivity contribution is 5.51. The van der Waals surface area contributed by atoms with Gasteiger partial charge in [0.1, 0.15) is 0 Å². The van der Waals surface area contributed by atoms with Gasteiger partial charge in [-0.2, -0.15) is 10.1 Å². The first kappa shape index (κ1) is 12.4. The second-order valence-electron chi connectivity index (χ2n) is 4.46. The molecule has 2 heterocycles. The molecule has 20 heavy (non-hydrogen) atoms. The van der Waals surface area contributed by atoms with Crippen molar-refractivity contribution in [2.75, 3.05) is 11.9 Å². The summed E-state index contributed by atoms with van der Waals surface area (Å²) < 4.78 is 6.94. The summed E-state index contributed by atoms with van der Waals surface area (Å²) in [6.07, 6.45) is 4.26. The molecule has 0 aliphatic rings. The molecule has 2 aromatic heterocycles. The lowest BCUT2D eigenvalue weighted by Gasteiger charge is -2.02. The molecule has 0 saturated heterocycles. The third-order valence-corrected chi connectivity index (χ3v) is 2.87. The van der Waals surface area contributed by atoms with E-state index in [1.54, 1.807) is 10.9 Å². The van der Waals surface area contributed by atoms with Crippen molar-refractivity contribution in [3.63, 3.8) is 0 Å². The molecule has 0 fully saturated rings. The van der Waals surface area contributed by atoms with Crippen LogP contribution in [0, 0.1) is 0 Å². The van der Waals surface area contributed by atoms with Crippen LogP contribution in [0.1, 0.15) is 5.89 Å². The average Bonchev–Trinajstić information content (AvgIpc) is 3.09. The summed E-state index contributed by atoms with van der Waals surface area (Å²) in [5.41, 5.74) is 1.94. The molecule has 0 radical (unpaired) electrons. The number of nitrogens with one attached hydrogen (secondary N) is 1. The Morgan fingerprint density at radius 1 is 1.25 bits per heavy atom. The summed E-state index contributed by atoms with van der Waals surface area (Å²) in [6.45, 7) is 0.749. The number of nitrogens with zero attached hydrogens (tertiary/aromatic N) is 4. The van der Waals surface area contributed by atoms with Gasteiger partial charge in [-0.05, 0) is 12.1 Å². The van der Waals surface area contributed by atoms with Crippen LogP contribution >= 0.6 is 0 Å². The Bertz CT molecular complexity index is 674. The first-order chi connectivity index (χ1) is 9.81. The molecule has 6 heteroatoms. The molecule has 3 rings (SSSR count). The number of hydrogen-bond donors (Lipinski definition) is 1. The number of hydrogen-bond acceptors (Lipinski definition) is 5. The van der Waals surface area contributed by atoms with E-state index in [0.717, 1.165) is 17.8 Å². The Kier molecular flexibility index (Phi) is 3.45. The maximum atomic E-state index is 5.23. The molecule has 1 aromatic carbocycles. The number of benzene rings is 1. The van der Waals surface area contributed by atoms with Crippen LogP contribution < -0.4 is 5.32 Å². The summed E-state index contributed by atoms with van der Waals surface area (Å²) in [6, 6.07) is 10.0. The molecule has 0 atom stereocenters. The Morgan fingerprint density at radius 2 is 2.10 bits per heavy atom. The van der Waals surface area contributed by atoms with Crippen LogP contribution in [-0.4, -0.2) is 26.5 Å². The lowest BCUT2D eigenvalue weighted by Crippen LogP contribution is -2.04. The molecule has 0 spiro atoms. The zero-order valence-corrected chi connectivity index (χ0v) is 11.2. The zero-order chi connectivity index (χ0) is 13.8. The molecule has 0 bridgehead atoms. The summed E-state index contributed by atoms with van der Waals surface area (Å²) in [7, 11) is 1.86. The highest BCUT2D eigenvalue weighted by Gasteiger charge is 2.09. The Morgan fingerprint density at radius 3 is 2.85 bits per heavy atom. The van der Waals surface area contributed by atoms with Crippen LogP contribution in [0.5, 0.6) is 0 Å². The molecule has 0 aliphatic heterocycles. The van der Waals surface area contributed by atoms with Gasteiger partial charge in [-0.15, -0.1) is 0 Å². The van der Waals surface area contributed by atoms with Crippen LogP contribution in [-0.2, 0) is 13.5 Å². The van der Waals surface area contributed by atoms with Crippen LogP contribution in [0.3, 0.4) is 0 Å². The van der Waals surface area contributed by atoms with Crippen molar-refractivity contribution in [1.82, 2.24) is 19.9 Å². The number of para-hydroxylation sites is 1. The minimum absolute atomic E-state index is 0.577. The summed E-state index contributed by atoms with van der Waals surface area (Å²) in [4.78, 5) is 4.35. The van der Waals surface area contributed by atoms with Crippen molar-refractivity contribution in [2.24, 2.45) is 7.05 Å². The van der Waals surface area contributed by atoms with Gasteiger partial charge in [-0.3, -0.25) is 4.68 Å². The van der Waals surface area contributed by atoms with Crippen molar-refractivity contribution in [3.05, 3.63) is 48.6 Å². The molecule has 0 unspecified atom stereocenters. The van der Waals surface area contributed by atoms with E-state index in [9.17, 15) is 0 Å². The van der Waals surface area contributed by atoms with E-state index in [1.165, 1.54) is 0 Å². The normalized spacial score (nSPS) is 10.7. The topological polar surface area (TPSA) is 68.8 Å². The molecule has 0 aliphatic carbocycles. The first-order valence-corrected chi connectivity index (χ1v) is 6.42. The fourth-order valence-electron chi connectivity index (χ4n) is 1.88. The van der Waals surface area contributed by atoms with Crippen molar-refractivity contribution < 1.29 is 4.52 Å². The fraction of sp³-hybridized carbons (Fsp3) is 0.214. The van der Waals surface area contributed by atoms with Gasteiger partial charge in [0.25, 0.3) is 0 Å². The van der Waals surface area contributed by atoms with Crippen LogP contribution in [0.15, 0.2) is 47.2 Å². The van der Waals surface area contributed by atoms with Crippen LogP contribution in [0.25, 0.3) is 11.4 Å². The Hall–Kier alpha value is -2.63. The van der Waals surface area contributed by atoms with E-state index in [1.807, 2.05) is 43.6 Å². The molecule has 3 aromatic rings. The largest absolute Gasteiger partial charge is 0.385 e. The Balaban J connectivity index is 1.58. The number of anilines is 1. The second-order valence-corrected chi connectivity index (χ2v) is 4.46. The first-order valence-electron chi connectivity index (χ1n) is 6.42. The molecule has 0 amide bonds. The third-order valence-electron chi connectivity index (χ3n) is 2.87. The number of rotatable bonds is 5. The van der Waals surface area contributed by atoms with Crippen molar-refractivity contribution in [3.8, 4) is 11.4 Å². The highest BCUT2D eigenvalue weighted by atomic mass is 16.5. The van der Waals surface area contributed by atoms with E-state index in [2.05, 4.69) is 20.6 Å². The maximum absolute atomic E-state index is 5.23. The van der Waals surface area contributed by atoms with Crippen molar-refractivity contribution >= 4 is 5.69 Å². The van der Waals surface area contributed by atoms with E-state index in [4.69, 9.17) is 4.52 Å². The van der Waals surface area contributed by atoms with E-state index >= 15 is 0 Å². The fourth-order valence-corrected chi connectivity index (χ4v) is 1.88. The molecule has 6 nitrogen and oxygen atoms in total. The monoisotopic (exact) mass is 269 g/mol. The quantitative estimate of drug-likeness (QED) is 0.768. The highest BCUT2D eigenvalue weighted by Crippen LogP contribution is 2.14. The lowest BCUT2D eigenvalue weighted by molar-refractivity contribution is 0.381. The minimum atomic E-state index is 0.577. The van der Waals surface area contributed by atoms with Crippen molar-refractivity contribution in [2.45, 2.75) is 6.42 Å². The van der Waals surface area contributed by atoms with E-state index in [-0.39, 0.29) is 0 Å². The maximum Gasteiger partial charge on any atom is 0.228 e. The Labute approximate surface area is 116 Å². The molecular weight excluding hydrogens is 254 g/mol. The summed E-state index contributed by atoms with van der Waals surface area (Å²) in [5.74, 6) is 1.19. The predicted molar refractivity (Wildman–Crippen MR) is 75.1 cm³/mol. The average molecular weight is 269 g/mol. The van der Waals surface area contributed by atoms with Gasteiger partial charge in [0, 0.05) is 31.9 Å². The van der Waals surface area contributed by atoms with Crippen LogP contribution in [0.2, 0.25) is 0 Å². The number of aromatic nitrogens is 4. The lowest BCUT2D eigenvalue weighted by atomic mass is 10.3. The predicted octanol–water partition coefficient (Wildman–Crippen LogP) is 2.12. The van der Waals surface area contributed by atoms with Gasteiger partial charge >= 0.3 is 0 Å². The summed E-state index contributed by atoms with van der Waals surface area (Å²) in [5, 5.41) is 11.3. The SMILES string of the molecule is Cn1cc(-c2noc(CCNc3ccccc3)n2)cn1. The minimum Gasteiger partial charge on any atom is -0.385 e. The van der Waals surface area contributed by atoms with Gasteiger partial charge in [-0.1, -0.05) is 23.4 Å². The molecule has 1 N–H and O–H groups in total.